The van der Waals surface area contributed by atoms with Crippen molar-refractivity contribution in [2.75, 3.05) is 24.7 Å². The van der Waals surface area contributed by atoms with E-state index in [1.807, 2.05) is 18.2 Å². The van der Waals surface area contributed by atoms with Crippen molar-refractivity contribution in [3.8, 4) is 11.5 Å². The number of hydrogen-bond donors (Lipinski definition) is 0. The van der Waals surface area contributed by atoms with Crippen LogP contribution >= 0.6 is 0 Å². The predicted octanol–water partition coefficient (Wildman–Crippen LogP) is 3.33. The van der Waals surface area contributed by atoms with Crippen molar-refractivity contribution in [2.45, 2.75) is 18.9 Å². The molecule has 2 aromatic rings. The van der Waals surface area contributed by atoms with Gasteiger partial charge in [0, 0.05) is 12.1 Å². The zero-order chi connectivity index (χ0) is 14.9. The Balaban J connectivity index is 1.72. The largest absolute Gasteiger partial charge is 0.486 e. The minimum Gasteiger partial charge on any atom is -0.486 e. The van der Waals surface area contributed by atoms with Crippen molar-refractivity contribution in [1.29, 1.82) is 0 Å². The normalized spacial score (nSPS) is 20.2. The van der Waals surface area contributed by atoms with E-state index in [1.165, 1.54) is 6.07 Å². The number of aromatic nitrogens is 1. The average molecular weight is 300 g/mol. The van der Waals surface area contributed by atoms with Crippen LogP contribution in [-0.2, 0) is 0 Å². The Morgan fingerprint density at radius 1 is 1.09 bits per heavy atom. The van der Waals surface area contributed by atoms with Crippen molar-refractivity contribution < 1.29 is 13.9 Å². The van der Waals surface area contributed by atoms with Crippen molar-refractivity contribution >= 4 is 5.82 Å². The van der Waals surface area contributed by atoms with Crippen LogP contribution in [0.15, 0.2) is 36.4 Å². The first-order valence-corrected chi connectivity index (χ1v) is 7.60. The summed E-state index contributed by atoms with van der Waals surface area (Å²) in [5.41, 5.74) is 1.10. The van der Waals surface area contributed by atoms with Gasteiger partial charge in [-0.25, -0.2) is 4.98 Å². The van der Waals surface area contributed by atoms with Crippen LogP contribution in [0.1, 0.15) is 24.4 Å². The highest BCUT2D eigenvalue weighted by molar-refractivity contribution is 5.53. The summed E-state index contributed by atoms with van der Waals surface area (Å²) in [6.45, 7) is 2.01. The first-order valence-electron chi connectivity index (χ1n) is 7.60. The Bertz CT molecular complexity index is 692. The summed E-state index contributed by atoms with van der Waals surface area (Å²) in [7, 11) is 0. The van der Waals surface area contributed by atoms with Gasteiger partial charge in [-0.1, -0.05) is 18.2 Å². The lowest BCUT2D eigenvalue weighted by Crippen LogP contribution is -2.25. The second kappa shape index (κ2) is 5.48. The van der Waals surface area contributed by atoms with Crippen molar-refractivity contribution in [3.63, 3.8) is 0 Å². The molecule has 2 aliphatic rings. The number of halogens is 1. The molecule has 3 heterocycles. The van der Waals surface area contributed by atoms with Crippen molar-refractivity contribution in [1.82, 2.24) is 4.98 Å². The van der Waals surface area contributed by atoms with Gasteiger partial charge >= 0.3 is 0 Å². The van der Waals surface area contributed by atoms with E-state index < -0.39 is 5.95 Å². The number of para-hydroxylation sites is 1. The van der Waals surface area contributed by atoms with Gasteiger partial charge in [0.2, 0.25) is 5.95 Å². The van der Waals surface area contributed by atoms with E-state index in [0.29, 0.717) is 19.0 Å². The standard InChI is InChI=1S/C17H17FN2O2/c18-15-7-2-8-16(19-15)20-9-3-5-13(20)12-4-1-6-14-17(12)22-11-10-21-14/h1-2,4,6-8,13H,3,5,9-11H2. The number of nitrogens with zero attached hydrogens (tertiary/aromatic N) is 2. The third-order valence-electron chi connectivity index (χ3n) is 4.20. The molecule has 0 N–H and O–H groups in total. The molecule has 1 saturated heterocycles. The molecule has 114 valence electrons. The number of fused-ring (bicyclic) bond motifs is 1. The lowest BCUT2D eigenvalue weighted by atomic mass is 10.0. The molecule has 0 aliphatic carbocycles. The third kappa shape index (κ3) is 2.26. The maximum absolute atomic E-state index is 13.4. The zero-order valence-electron chi connectivity index (χ0n) is 12.2. The highest BCUT2D eigenvalue weighted by Gasteiger charge is 2.31. The van der Waals surface area contributed by atoms with Crippen LogP contribution in [0.25, 0.3) is 0 Å². The number of benzene rings is 1. The number of rotatable bonds is 2. The molecular formula is C17H17FN2O2. The maximum atomic E-state index is 13.4. The van der Waals surface area contributed by atoms with Gasteiger partial charge in [-0.3, -0.25) is 0 Å². The lowest BCUT2D eigenvalue weighted by Gasteiger charge is -2.29. The third-order valence-corrected chi connectivity index (χ3v) is 4.20. The fourth-order valence-electron chi connectivity index (χ4n) is 3.28. The van der Waals surface area contributed by atoms with Crippen LogP contribution in [0.5, 0.6) is 11.5 Å². The van der Waals surface area contributed by atoms with Gasteiger partial charge in [-0.05, 0) is 31.0 Å². The molecule has 0 radical (unpaired) electrons. The molecule has 0 bridgehead atoms. The molecule has 4 rings (SSSR count). The summed E-state index contributed by atoms with van der Waals surface area (Å²) in [6, 6.07) is 11.1. The van der Waals surface area contributed by atoms with E-state index in [4.69, 9.17) is 9.47 Å². The molecule has 4 nitrogen and oxygen atoms in total. The first kappa shape index (κ1) is 13.4. The molecule has 1 unspecified atom stereocenters. The second-order valence-corrected chi connectivity index (χ2v) is 5.54. The first-order chi connectivity index (χ1) is 10.8. The second-order valence-electron chi connectivity index (χ2n) is 5.54. The quantitative estimate of drug-likeness (QED) is 0.797. The molecule has 1 aromatic heterocycles. The molecule has 0 amide bonds. The van der Waals surface area contributed by atoms with Gasteiger partial charge in [0.1, 0.15) is 19.0 Å². The van der Waals surface area contributed by atoms with Crippen LogP contribution in [0.2, 0.25) is 0 Å². The monoisotopic (exact) mass is 300 g/mol. The van der Waals surface area contributed by atoms with E-state index in [1.54, 1.807) is 6.07 Å². The number of hydrogen-bond acceptors (Lipinski definition) is 4. The average Bonchev–Trinajstić information content (AvgIpc) is 3.04. The molecule has 22 heavy (non-hydrogen) atoms. The predicted molar refractivity (Wildman–Crippen MR) is 80.9 cm³/mol. The number of ether oxygens (including phenoxy) is 2. The van der Waals surface area contributed by atoms with Crippen LogP contribution in [0, 0.1) is 5.95 Å². The minimum absolute atomic E-state index is 0.144. The van der Waals surface area contributed by atoms with E-state index in [2.05, 4.69) is 16.0 Å². The van der Waals surface area contributed by atoms with E-state index in [0.717, 1.165) is 36.4 Å². The summed E-state index contributed by atoms with van der Waals surface area (Å²) in [6.07, 6.45) is 2.05. The summed E-state index contributed by atoms with van der Waals surface area (Å²) >= 11 is 0. The van der Waals surface area contributed by atoms with Gasteiger partial charge in [-0.15, -0.1) is 0 Å². The number of pyridine rings is 1. The van der Waals surface area contributed by atoms with Gasteiger partial charge in [0.05, 0.1) is 6.04 Å². The van der Waals surface area contributed by atoms with Crippen molar-refractivity contribution in [3.05, 3.63) is 47.9 Å². The fraction of sp³-hybridized carbons (Fsp3) is 0.353. The van der Waals surface area contributed by atoms with Crippen molar-refractivity contribution in [2.24, 2.45) is 0 Å². The van der Waals surface area contributed by atoms with Crippen LogP contribution in [0.4, 0.5) is 10.2 Å². The Labute approximate surface area is 128 Å². The Morgan fingerprint density at radius 3 is 2.86 bits per heavy atom. The van der Waals surface area contributed by atoms with Crippen LogP contribution < -0.4 is 14.4 Å². The van der Waals surface area contributed by atoms with Gasteiger partial charge in [0.25, 0.3) is 0 Å². The fourth-order valence-corrected chi connectivity index (χ4v) is 3.28. The summed E-state index contributed by atoms with van der Waals surface area (Å²) in [5, 5.41) is 0. The molecule has 5 heteroatoms. The van der Waals surface area contributed by atoms with Crippen LogP contribution in [-0.4, -0.2) is 24.7 Å². The SMILES string of the molecule is Fc1cccc(N2CCCC2c2cccc3c2OCCO3)n1. The highest BCUT2D eigenvalue weighted by Crippen LogP contribution is 2.43. The molecule has 2 aliphatic heterocycles. The van der Waals surface area contributed by atoms with E-state index >= 15 is 0 Å². The Hall–Kier alpha value is -2.30. The number of anilines is 1. The van der Waals surface area contributed by atoms with Gasteiger partial charge in [0.15, 0.2) is 11.5 Å². The maximum Gasteiger partial charge on any atom is 0.214 e. The van der Waals surface area contributed by atoms with E-state index in [9.17, 15) is 4.39 Å². The molecule has 0 saturated carbocycles. The molecule has 1 atom stereocenters. The lowest BCUT2D eigenvalue weighted by molar-refractivity contribution is 0.169. The summed E-state index contributed by atoms with van der Waals surface area (Å²) in [4.78, 5) is 6.18. The molecular weight excluding hydrogens is 283 g/mol. The smallest absolute Gasteiger partial charge is 0.214 e. The Morgan fingerprint density at radius 2 is 1.95 bits per heavy atom. The minimum atomic E-state index is -0.446. The van der Waals surface area contributed by atoms with Gasteiger partial charge in [-0.2, -0.15) is 4.39 Å². The topological polar surface area (TPSA) is 34.6 Å². The zero-order valence-corrected chi connectivity index (χ0v) is 12.2. The Kier molecular flexibility index (Phi) is 3.33. The molecule has 1 fully saturated rings. The molecule has 0 spiro atoms. The summed E-state index contributed by atoms with van der Waals surface area (Å²) in [5.74, 6) is 1.85. The highest BCUT2D eigenvalue weighted by atomic mass is 19.1. The summed E-state index contributed by atoms with van der Waals surface area (Å²) < 4.78 is 24.9. The van der Waals surface area contributed by atoms with Gasteiger partial charge < -0.3 is 14.4 Å². The molecule has 1 aromatic carbocycles. The van der Waals surface area contributed by atoms with Crippen LogP contribution in [0.3, 0.4) is 0 Å². The van der Waals surface area contributed by atoms with E-state index in [-0.39, 0.29) is 6.04 Å².